The lowest BCUT2D eigenvalue weighted by Gasteiger charge is -2.08. The molecule has 5 nitrogen and oxygen atoms in total. The zero-order chi connectivity index (χ0) is 22.5. The molecule has 1 aromatic heterocycles. The Kier molecular flexibility index (Phi) is 7.00. The van der Waals surface area contributed by atoms with Crippen LogP contribution in [-0.2, 0) is 13.2 Å². The average Bonchev–Trinajstić information content (AvgIpc) is 3.22. The molecule has 3 aromatic carbocycles. The van der Waals surface area contributed by atoms with E-state index < -0.39 is 0 Å². The van der Waals surface area contributed by atoms with Crippen LogP contribution in [0, 0.1) is 0 Å². The molecule has 0 radical (unpaired) electrons. The lowest BCUT2D eigenvalue weighted by Crippen LogP contribution is -2.13. The zero-order valence-electron chi connectivity index (χ0n) is 16.8. The molecule has 4 rings (SSSR count). The third-order valence-corrected chi connectivity index (χ3v) is 5.50. The fourth-order valence-electron chi connectivity index (χ4n) is 2.98. The summed E-state index contributed by atoms with van der Waals surface area (Å²) in [5.41, 5.74) is 2.35. The Morgan fingerprint density at radius 3 is 2.34 bits per heavy atom. The minimum atomic E-state index is -0.245. The van der Waals surface area contributed by atoms with E-state index in [4.69, 9.17) is 39.5 Å². The number of halogens is 3. The third kappa shape index (κ3) is 5.82. The number of hydrogen-bond acceptors (Lipinski definition) is 3. The summed E-state index contributed by atoms with van der Waals surface area (Å²) < 4.78 is 7.42. The predicted octanol–water partition coefficient (Wildman–Crippen LogP) is 6.72. The molecule has 0 fully saturated rings. The van der Waals surface area contributed by atoms with Crippen molar-refractivity contribution in [2.45, 2.75) is 13.2 Å². The molecule has 0 atom stereocenters. The van der Waals surface area contributed by atoms with Crippen molar-refractivity contribution < 1.29 is 9.53 Å². The zero-order valence-corrected chi connectivity index (χ0v) is 19.0. The van der Waals surface area contributed by atoms with Crippen LogP contribution in [0.5, 0.6) is 5.75 Å². The first-order chi connectivity index (χ1) is 15.5. The van der Waals surface area contributed by atoms with E-state index in [0.717, 1.165) is 16.9 Å². The molecule has 0 unspecified atom stereocenters. The topological polar surface area (TPSA) is 56.2 Å². The lowest BCUT2D eigenvalue weighted by molar-refractivity contribution is 0.102. The number of benzene rings is 3. The van der Waals surface area contributed by atoms with Crippen LogP contribution in [0.25, 0.3) is 0 Å². The van der Waals surface area contributed by atoms with Crippen LogP contribution in [0.3, 0.4) is 0 Å². The molecule has 8 heteroatoms. The molecule has 0 bridgehead atoms. The number of anilines is 1. The molecule has 0 aliphatic rings. The van der Waals surface area contributed by atoms with E-state index in [0.29, 0.717) is 39.6 Å². The first-order valence-corrected chi connectivity index (χ1v) is 10.9. The maximum absolute atomic E-state index is 12.6. The van der Waals surface area contributed by atoms with Gasteiger partial charge >= 0.3 is 0 Å². The van der Waals surface area contributed by atoms with E-state index in [1.165, 1.54) is 0 Å². The number of nitrogens with one attached hydrogen (secondary N) is 1. The van der Waals surface area contributed by atoms with Gasteiger partial charge in [0.05, 0.1) is 6.54 Å². The number of amides is 1. The number of ether oxygens (including phenoxy) is 1. The van der Waals surface area contributed by atoms with Crippen molar-refractivity contribution >= 4 is 46.5 Å². The van der Waals surface area contributed by atoms with Crippen LogP contribution in [-0.4, -0.2) is 15.7 Å². The second-order valence-corrected chi connectivity index (χ2v) is 8.31. The van der Waals surface area contributed by atoms with Gasteiger partial charge in [-0.15, -0.1) is 0 Å². The molecule has 1 amide bonds. The minimum Gasteiger partial charge on any atom is -0.489 e. The summed E-state index contributed by atoms with van der Waals surface area (Å²) >= 11 is 18.0. The van der Waals surface area contributed by atoms with Gasteiger partial charge in [-0.25, -0.2) is 0 Å². The van der Waals surface area contributed by atoms with Crippen molar-refractivity contribution in [1.29, 1.82) is 0 Å². The van der Waals surface area contributed by atoms with Crippen LogP contribution < -0.4 is 10.1 Å². The Hall–Kier alpha value is -2.99. The normalized spacial score (nSPS) is 10.7. The van der Waals surface area contributed by atoms with Crippen LogP contribution in [0.4, 0.5) is 5.82 Å². The fourth-order valence-corrected chi connectivity index (χ4v) is 3.57. The number of nitrogens with zero attached hydrogens (tertiary/aromatic N) is 2. The number of hydrogen-bond donors (Lipinski definition) is 1. The van der Waals surface area contributed by atoms with Crippen molar-refractivity contribution in [1.82, 2.24) is 9.78 Å². The largest absolute Gasteiger partial charge is 0.489 e. The van der Waals surface area contributed by atoms with Crippen molar-refractivity contribution in [3.63, 3.8) is 0 Å². The molecule has 0 spiro atoms. The van der Waals surface area contributed by atoms with Gasteiger partial charge < -0.3 is 10.1 Å². The van der Waals surface area contributed by atoms with Gasteiger partial charge in [0, 0.05) is 32.9 Å². The van der Waals surface area contributed by atoms with Gasteiger partial charge in [-0.3, -0.25) is 9.48 Å². The highest BCUT2D eigenvalue weighted by Crippen LogP contribution is 2.22. The molecule has 162 valence electrons. The molecule has 0 saturated heterocycles. The Balaban J connectivity index is 1.33. The van der Waals surface area contributed by atoms with Gasteiger partial charge in [0.15, 0.2) is 5.82 Å². The van der Waals surface area contributed by atoms with Crippen LogP contribution in [0.2, 0.25) is 15.1 Å². The smallest absolute Gasteiger partial charge is 0.256 e. The highest BCUT2D eigenvalue weighted by molar-refractivity contribution is 6.35. The van der Waals surface area contributed by atoms with E-state index in [1.807, 2.05) is 30.3 Å². The second-order valence-electron chi connectivity index (χ2n) is 7.03. The van der Waals surface area contributed by atoms with E-state index in [1.54, 1.807) is 53.3 Å². The molecule has 0 saturated carbocycles. The number of rotatable bonds is 7. The summed E-state index contributed by atoms with van der Waals surface area (Å²) in [5, 5.41) is 8.99. The summed E-state index contributed by atoms with van der Waals surface area (Å²) in [4.78, 5) is 12.6. The van der Waals surface area contributed by atoms with Gasteiger partial charge in [-0.1, -0.05) is 53.0 Å². The molecule has 0 aliphatic heterocycles. The maximum Gasteiger partial charge on any atom is 0.256 e. The average molecular weight is 487 g/mol. The Labute approximate surface area is 200 Å². The molecule has 0 aliphatic carbocycles. The van der Waals surface area contributed by atoms with Crippen molar-refractivity contribution in [3.05, 3.63) is 111 Å². The molecular weight excluding hydrogens is 469 g/mol. The van der Waals surface area contributed by atoms with Gasteiger partial charge in [-0.05, 0) is 59.7 Å². The van der Waals surface area contributed by atoms with Gasteiger partial charge in [0.1, 0.15) is 12.4 Å². The molecule has 32 heavy (non-hydrogen) atoms. The summed E-state index contributed by atoms with van der Waals surface area (Å²) in [5.74, 6) is 0.937. The maximum atomic E-state index is 12.6. The quantitative estimate of drug-likeness (QED) is 0.315. The van der Waals surface area contributed by atoms with E-state index >= 15 is 0 Å². The number of carbonyl (C=O) groups excluding carboxylic acids is 1. The second kappa shape index (κ2) is 10.1. The van der Waals surface area contributed by atoms with E-state index in [-0.39, 0.29) is 5.91 Å². The predicted molar refractivity (Wildman–Crippen MR) is 128 cm³/mol. The lowest BCUT2D eigenvalue weighted by atomic mass is 10.1. The Morgan fingerprint density at radius 2 is 1.62 bits per heavy atom. The minimum absolute atomic E-state index is 0.245. The van der Waals surface area contributed by atoms with Gasteiger partial charge in [0.2, 0.25) is 0 Å². The summed E-state index contributed by atoms with van der Waals surface area (Å²) in [6.07, 6.45) is 1.78. The summed E-state index contributed by atoms with van der Waals surface area (Å²) in [6.45, 7) is 0.857. The highest BCUT2D eigenvalue weighted by Gasteiger charge is 2.09. The van der Waals surface area contributed by atoms with Gasteiger partial charge in [0.25, 0.3) is 5.91 Å². The Morgan fingerprint density at radius 1 is 0.906 bits per heavy atom. The molecule has 1 heterocycles. The van der Waals surface area contributed by atoms with E-state index in [2.05, 4.69) is 10.4 Å². The highest BCUT2D eigenvalue weighted by atomic mass is 35.5. The standard InChI is InChI=1S/C24H18Cl3N3O2/c25-19-7-9-21(10-8-19)32-15-16-1-3-17(4-2-16)24(31)28-23-11-12-30(29-23)14-18-5-6-20(26)13-22(18)27/h1-13H,14-15H2,(H,28,29,31). The third-order valence-electron chi connectivity index (χ3n) is 4.66. The van der Waals surface area contributed by atoms with Crippen LogP contribution >= 0.6 is 34.8 Å². The first kappa shape index (κ1) is 22.2. The summed E-state index contributed by atoms with van der Waals surface area (Å²) in [6, 6.07) is 21.4. The van der Waals surface area contributed by atoms with E-state index in [9.17, 15) is 4.79 Å². The van der Waals surface area contributed by atoms with Crippen LogP contribution in [0.1, 0.15) is 21.5 Å². The summed E-state index contributed by atoms with van der Waals surface area (Å²) in [7, 11) is 0. The fraction of sp³-hybridized carbons (Fsp3) is 0.0833. The van der Waals surface area contributed by atoms with Crippen molar-refractivity contribution in [2.24, 2.45) is 0 Å². The SMILES string of the molecule is O=C(Nc1ccn(Cc2ccc(Cl)cc2Cl)n1)c1ccc(COc2ccc(Cl)cc2)cc1. The van der Waals surface area contributed by atoms with Crippen LogP contribution in [0.15, 0.2) is 79.0 Å². The molecular formula is C24H18Cl3N3O2. The molecule has 4 aromatic rings. The number of aromatic nitrogens is 2. The van der Waals surface area contributed by atoms with Crippen molar-refractivity contribution in [3.8, 4) is 5.75 Å². The monoisotopic (exact) mass is 485 g/mol. The van der Waals surface area contributed by atoms with Gasteiger partial charge in [-0.2, -0.15) is 5.10 Å². The first-order valence-electron chi connectivity index (χ1n) is 9.72. The van der Waals surface area contributed by atoms with Crippen molar-refractivity contribution in [2.75, 3.05) is 5.32 Å². The molecule has 1 N–H and O–H groups in total. The Bertz CT molecular complexity index is 1220. The number of carbonyl (C=O) groups is 1.